The highest BCUT2D eigenvalue weighted by atomic mass is 16.7. The van der Waals surface area contributed by atoms with Crippen molar-refractivity contribution in [3.8, 4) is 0 Å². The van der Waals surface area contributed by atoms with Crippen LogP contribution in [0.15, 0.2) is 0 Å². The fourth-order valence-corrected chi connectivity index (χ4v) is 7.89. The van der Waals surface area contributed by atoms with E-state index in [0.717, 1.165) is 19.3 Å². The number of amides is 1. The van der Waals surface area contributed by atoms with Crippen LogP contribution in [-0.2, 0) is 14.3 Å². The minimum absolute atomic E-state index is 0.144. The molecule has 6 N–H and O–H groups in total. The number of carbonyl (C=O) groups excluding carboxylic acids is 1. The van der Waals surface area contributed by atoms with E-state index in [-0.39, 0.29) is 18.9 Å². The number of hydrogen-bond acceptors (Lipinski definition) is 8. The Kier molecular flexibility index (Phi) is 35.6. The average molecular weight is 786 g/mol. The monoisotopic (exact) mass is 786 g/mol. The largest absolute Gasteiger partial charge is 0.394 e. The summed E-state index contributed by atoms with van der Waals surface area (Å²) in [6, 6.07) is -0.710. The standard InChI is InChI=1S/C46H91NO8/c1-3-5-6-7-8-9-10-11-12-13-14-15-16-17-18-19-20-21-22-23-24-25-26-27-28-29-30-31-32-33-34-35-36-40(49)39(47-42(50)4-2)38-54-46-45(53)44(52)43(51)41(37-48)55-46/h39-41,43-46,48-49,51-53H,3-38H2,1-2H3,(H,47,50). The molecule has 0 aliphatic carbocycles. The van der Waals surface area contributed by atoms with Gasteiger partial charge in [-0.25, -0.2) is 0 Å². The predicted molar refractivity (Wildman–Crippen MR) is 226 cm³/mol. The van der Waals surface area contributed by atoms with E-state index >= 15 is 0 Å². The summed E-state index contributed by atoms with van der Waals surface area (Å²) >= 11 is 0. The smallest absolute Gasteiger partial charge is 0.220 e. The molecule has 0 saturated carbocycles. The second-order valence-electron chi connectivity index (χ2n) is 16.9. The lowest BCUT2D eigenvalue weighted by Crippen LogP contribution is -2.60. The molecule has 1 aliphatic heterocycles. The molecule has 9 heteroatoms. The van der Waals surface area contributed by atoms with Gasteiger partial charge in [-0.05, 0) is 6.42 Å². The number of unbranched alkanes of at least 4 members (excludes halogenated alkanes) is 31. The van der Waals surface area contributed by atoms with Gasteiger partial charge in [0.1, 0.15) is 24.4 Å². The fraction of sp³-hybridized carbons (Fsp3) is 0.978. The number of hydrogen-bond donors (Lipinski definition) is 6. The number of nitrogens with one attached hydrogen (secondary N) is 1. The molecule has 1 amide bonds. The van der Waals surface area contributed by atoms with Gasteiger partial charge in [0.05, 0.1) is 25.4 Å². The van der Waals surface area contributed by atoms with Crippen LogP contribution in [0.25, 0.3) is 0 Å². The van der Waals surface area contributed by atoms with E-state index in [9.17, 15) is 30.3 Å². The zero-order valence-electron chi connectivity index (χ0n) is 36.0. The van der Waals surface area contributed by atoms with Crippen LogP contribution in [0.4, 0.5) is 0 Å². The molecule has 0 aromatic rings. The summed E-state index contributed by atoms with van der Waals surface area (Å²) in [7, 11) is 0. The van der Waals surface area contributed by atoms with Crippen LogP contribution in [0.1, 0.15) is 232 Å². The Morgan fingerprint density at radius 2 is 0.891 bits per heavy atom. The average Bonchev–Trinajstić information content (AvgIpc) is 3.19. The lowest BCUT2D eigenvalue weighted by Gasteiger charge is -2.40. The molecule has 1 fully saturated rings. The maximum Gasteiger partial charge on any atom is 0.220 e. The molecule has 0 bridgehead atoms. The minimum atomic E-state index is -1.54. The third kappa shape index (κ3) is 28.3. The quantitative estimate of drug-likeness (QED) is 0.0337. The lowest BCUT2D eigenvalue weighted by molar-refractivity contribution is -0.302. The van der Waals surface area contributed by atoms with E-state index in [0.29, 0.717) is 6.42 Å². The van der Waals surface area contributed by atoms with Gasteiger partial charge in [-0.3, -0.25) is 4.79 Å². The zero-order valence-corrected chi connectivity index (χ0v) is 36.0. The Morgan fingerprint density at radius 3 is 1.22 bits per heavy atom. The first-order chi connectivity index (χ1) is 26.8. The van der Waals surface area contributed by atoms with Gasteiger partial charge in [0.15, 0.2) is 6.29 Å². The molecule has 0 aromatic carbocycles. The normalized spacial score (nSPS) is 21.2. The van der Waals surface area contributed by atoms with Gasteiger partial charge in [-0.1, -0.05) is 219 Å². The first-order valence-electron chi connectivity index (χ1n) is 23.7. The summed E-state index contributed by atoms with van der Waals surface area (Å²) in [6.07, 6.45) is 36.8. The molecule has 7 unspecified atom stereocenters. The van der Waals surface area contributed by atoms with Gasteiger partial charge in [0.2, 0.25) is 5.91 Å². The fourth-order valence-electron chi connectivity index (χ4n) is 7.89. The summed E-state index contributed by atoms with van der Waals surface area (Å²) in [6.45, 7) is 3.32. The van der Waals surface area contributed by atoms with Crippen LogP contribution < -0.4 is 5.32 Å². The molecule has 1 heterocycles. The van der Waals surface area contributed by atoms with Crippen molar-refractivity contribution in [2.24, 2.45) is 0 Å². The van der Waals surface area contributed by atoms with Crippen LogP contribution in [0.2, 0.25) is 0 Å². The molecule has 1 aliphatic rings. The molecular formula is C46H91NO8. The van der Waals surface area contributed by atoms with Gasteiger partial charge in [-0.15, -0.1) is 0 Å². The molecule has 0 spiro atoms. The molecule has 0 radical (unpaired) electrons. The van der Waals surface area contributed by atoms with Gasteiger partial charge in [0.25, 0.3) is 0 Å². The highest BCUT2D eigenvalue weighted by molar-refractivity contribution is 5.75. The van der Waals surface area contributed by atoms with Crippen molar-refractivity contribution in [2.45, 2.75) is 275 Å². The van der Waals surface area contributed by atoms with Crippen molar-refractivity contribution >= 4 is 5.91 Å². The van der Waals surface area contributed by atoms with Crippen molar-refractivity contribution in [3.05, 3.63) is 0 Å². The molecule has 55 heavy (non-hydrogen) atoms. The van der Waals surface area contributed by atoms with Crippen molar-refractivity contribution in [2.75, 3.05) is 13.2 Å². The maximum absolute atomic E-state index is 12.1. The first kappa shape index (κ1) is 52.2. The third-order valence-electron chi connectivity index (χ3n) is 11.8. The summed E-state index contributed by atoms with van der Waals surface area (Å²) < 4.78 is 11.0. The summed E-state index contributed by atoms with van der Waals surface area (Å²) in [5.41, 5.74) is 0. The number of carbonyl (C=O) groups is 1. The predicted octanol–water partition coefficient (Wildman–Crippen LogP) is 9.95. The van der Waals surface area contributed by atoms with Crippen LogP contribution in [0.3, 0.4) is 0 Å². The van der Waals surface area contributed by atoms with Crippen molar-refractivity contribution in [3.63, 3.8) is 0 Å². The summed E-state index contributed by atoms with van der Waals surface area (Å²) in [5, 5.41) is 53.2. The van der Waals surface area contributed by atoms with Crippen molar-refractivity contribution in [1.29, 1.82) is 0 Å². The highest BCUT2D eigenvalue weighted by Gasteiger charge is 2.44. The lowest BCUT2D eigenvalue weighted by atomic mass is 9.99. The first-order valence-corrected chi connectivity index (χ1v) is 23.7. The Bertz CT molecular complexity index is 832. The van der Waals surface area contributed by atoms with E-state index in [1.165, 1.54) is 186 Å². The molecular weight excluding hydrogens is 695 g/mol. The highest BCUT2D eigenvalue weighted by Crippen LogP contribution is 2.23. The van der Waals surface area contributed by atoms with Gasteiger partial charge < -0.3 is 40.3 Å². The minimum Gasteiger partial charge on any atom is -0.394 e. The second kappa shape index (κ2) is 37.5. The Hall–Kier alpha value is -0.810. The van der Waals surface area contributed by atoms with E-state index in [1.54, 1.807) is 6.92 Å². The van der Waals surface area contributed by atoms with Crippen molar-refractivity contribution < 1.29 is 39.8 Å². The Morgan fingerprint density at radius 1 is 0.545 bits per heavy atom. The summed E-state index contributed by atoms with van der Waals surface area (Å²) in [5.74, 6) is -0.229. The van der Waals surface area contributed by atoms with E-state index in [1.807, 2.05) is 0 Å². The summed E-state index contributed by atoms with van der Waals surface area (Å²) in [4.78, 5) is 12.1. The van der Waals surface area contributed by atoms with Crippen molar-refractivity contribution in [1.82, 2.24) is 5.32 Å². The van der Waals surface area contributed by atoms with E-state index < -0.39 is 49.5 Å². The van der Waals surface area contributed by atoms with E-state index in [2.05, 4.69) is 12.2 Å². The third-order valence-corrected chi connectivity index (χ3v) is 11.8. The number of aliphatic hydroxyl groups excluding tert-OH is 5. The topological polar surface area (TPSA) is 149 Å². The van der Waals surface area contributed by atoms with Crippen LogP contribution in [0, 0.1) is 0 Å². The Balaban J connectivity index is 1.88. The van der Waals surface area contributed by atoms with E-state index in [4.69, 9.17) is 9.47 Å². The van der Waals surface area contributed by atoms with Crippen LogP contribution >= 0.6 is 0 Å². The molecule has 1 rings (SSSR count). The number of rotatable bonds is 40. The molecule has 0 aromatic heterocycles. The molecule has 9 nitrogen and oxygen atoms in total. The zero-order chi connectivity index (χ0) is 40.2. The molecule has 1 saturated heterocycles. The number of ether oxygens (including phenoxy) is 2. The molecule has 7 atom stereocenters. The van der Waals surface area contributed by atoms with Gasteiger partial charge >= 0.3 is 0 Å². The van der Waals surface area contributed by atoms with Crippen LogP contribution in [0.5, 0.6) is 0 Å². The molecule has 328 valence electrons. The Labute approximate surface area is 338 Å². The maximum atomic E-state index is 12.1. The van der Waals surface area contributed by atoms with Crippen LogP contribution in [-0.4, -0.2) is 87.5 Å². The van der Waals surface area contributed by atoms with Gasteiger partial charge in [0, 0.05) is 6.42 Å². The number of aliphatic hydroxyl groups is 5. The van der Waals surface area contributed by atoms with Gasteiger partial charge in [-0.2, -0.15) is 0 Å². The SMILES string of the molecule is CCCCCCCCCCCCCCCCCCCCCCCCCCCCCCCCCCC(O)C(COC1OC(CO)C(O)C(O)C1O)NC(=O)CC. The second-order valence-corrected chi connectivity index (χ2v) is 16.9.